The van der Waals surface area contributed by atoms with Gasteiger partial charge in [0.25, 0.3) is 0 Å². The van der Waals surface area contributed by atoms with Gasteiger partial charge in [0.05, 0.1) is 11.1 Å². The lowest BCUT2D eigenvalue weighted by Crippen LogP contribution is -2.26. The van der Waals surface area contributed by atoms with Gasteiger partial charge in [-0.05, 0) is 26.0 Å². The van der Waals surface area contributed by atoms with Gasteiger partial charge >= 0.3 is 0 Å². The molecule has 1 aromatic carbocycles. The third-order valence-electron chi connectivity index (χ3n) is 3.15. The molecule has 20 heavy (non-hydrogen) atoms. The smallest absolute Gasteiger partial charge is 0.243 e. The Morgan fingerprint density at radius 2 is 1.90 bits per heavy atom. The summed E-state index contributed by atoms with van der Waals surface area (Å²) in [6.07, 6.45) is 3.56. The van der Waals surface area contributed by atoms with Crippen LogP contribution in [0.3, 0.4) is 0 Å². The van der Waals surface area contributed by atoms with Crippen LogP contribution in [0.25, 0.3) is 0 Å². The van der Waals surface area contributed by atoms with E-state index in [2.05, 4.69) is 5.10 Å². The van der Waals surface area contributed by atoms with Gasteiger partial charge < -0.3 is 0 Å². The molecule has 0 spiro atoms. The summed E-state index contributed by atoms with van der Waals surface area (Å²) >= 11 is 0. The van der Waals surface area contributed by atoms with Crippen LogP contribution in [0, 0.1) is 6.92 Å². The quantitative estimate of drug-likeness (QED) is 0.847. The largest absolute Gasteiger partial charge is 0.273 e. The molecular weight excluding hydrogens is 274 g/mol. The molecule has 0 N–H and O–H groups in total. The molecule has 1 aromatic heterocycles. The summed E-state index contributed by atoms with van der Waals surface area (Å²) in [6.45, 7) is 5.01. The minimum absolute atomic E-state index is 0.313. The van der Waals surface area contributed by atoms with Gasteiger partial charge in [-0.25, -0.2) is 8.42 Å². The van der Waals surface area contributed by atoms with Gasteiger partial charge in [-0.15, -0.1) is 0 Å². The monoisotopic (exact) mass is 293 g/mol. The first-order valence-corrected chi connectivity index (χ1v) is 7.92. The summed E-state index contributed by atoms with van der Waals surface area (Å²) in [7, 11) is -1.87. The van der Waals surface area contributed by atoms with Crippen molar-refractivity contribution in [1.29, 1.82) is 0 Å². The highest BCUT2D eigenvalue weighted by Crippen LogP contribution is 2.17. The number of nitrogens with zero attached hydrogens (tertiary/aromatic N) is 3. The van der Waals surface area contributed by atoms with Crippen LogP contribution < -0.4 is 0 Å². The van der Waals surface area contributed by atoms with Crippen molar-refractivity contribution in [3.63, 3.8) is 0 Å². The van der Waals surface area contributed by atoms with E-state index in [0.717, 1.165) is 17.7 Å². The molecule has 0 aliphatic heterocycles. The standard InChI is InChI=1S/C14H19N3O2S/c1-4-17-11-13(9-15-17)10-16(3)20(18,19)14-7-5-12(2)6-8-14/h5-9,11H,4,10H2,1-3H3. The molecule has 2 rings (SSSR count). The lowest BCUT2D eigenvalue weighted by Gasteiger charge is -2.16. The van der Waals surface area contributed by atoms with Crippen LogP contribution in [-0.2, 0) is 23.1 Å². The topological polar surface area (TPSA) is 55.2 Å². The zero-order chi connectivity index (χ0) is 14.8. The van der Waals surface area contributed by atoms with Gasteiger partial charge in [-0.1, -0.05) is 17.7 Å². The maximum Gasteiger partial charge on any atom is 0.243 e. The highest BCUT2D eigenvalue weighted by molar-refractivity contribution is 7.89. The lowest BCUT2D eigenvalue weighted by atomic mass is 10.2. The Morgan fingerprint density at radius 1 is 1.25 bits per heavy atom. The molecule has 1 heterocycles. The van der Waals surface area contributed by atoms with Crippen molar-refractivity contribution in [2.75, 3.05) is 7.05 Å². The summed E-state index contributed by atoms with van der Waals surface area (Å²) in [5.41, 5.74) is 1.92. The van der Waals surface area contributed by atoms with E-state index in [1.54, 1.807) is 42.2 Å². The number of aryl methyl sites for hydroxylation is 2. The van der Waals surface area contributed by atoms with E-state index in [1.165, 1.54) is 4.31 Å². The van der Waals surface area contributed by atoms with Gasteiger partial charge in [-0.3, -0.25) is 4.68 Å². The maximum atomic E-state index is 12.4. The van der Waals surface area contributed by atoms with E-state index in [4.69, 9.17) is 0 Å². The molecule has 0 unspecified atom stereocenters. The first kappa shape index (κ1) is 14.7. The molecule has 0 saturated heterocycles. The fourth-order valence-electron chi connectivity index (χ4n) is 1.89. The summed E-state index contributed by atoms with van der Waals surface area (Å²) in [6, 6.07) is 6.87. The Balaban J connectivity index is 2.18. The number of hydrogen-bond donors (Lipinski definition) is 0. The fourth-order valence-corrected chi connectivity index (χ4v) is 3.05. The summed E-state index contributed by atoms with van der Waals surface area (Å²) < 4.78 is 28.0. The van der Waals surface area contributed by atoms with E-state index in [0.29, 0.717) is 11.4 Å². The summed E-state index contributed by atoms with van der Waals surface area (Å²) in [4.78, 5) is 0.313. The Bertz CT molecular complexity index is 675. The Morgan fingerprint density at radius 3 is 2.45 bits per heavy atom. The number of hydrogen-bond acceptors (Lipinski definition) is 3. The van der Waals surface area contributed by atoms with Crippen molar-refractivity contribution in [3.8, 4) is 0 Å². The molecule has 5 nitrogen and oxygen atoms in total. The molecule has 0 aliphatic rings. The first-order chi connectivity index (χ1) is 9.43. The molecule has 2 aromatic rings. The number of rotatable bonds is 5. The highest BCUT2D eigenvalue weighted by atomic mass is 32.2. The summed E-state index contributed by atoms with van der Waals surface area (Å²) in [5, 5.41) is 4.15. The normalized spacial score (nSPS) is 12.0. The Labute approximate surface area is 119 Å². The Kier molecular flexibility index (Phi) is 4.25. The van der Waals surface area contributed by atoms with Crippen molar-refractivity contribution < 1.29 is 8.42 Å². The molecule has 108 valence electrons. The average molecular weight is 293 g/mol. The predicted molar refractivity (Wildman–Crippen MR) is 77.7 cm³/mol. The Hall–Kier alpha value is -1.66. The maximum absolute atomic E-state index is 12.4. The number of sulfonamides is 1. The molecule has 6 heteroatoms. The van der Waals surface area contributed by atoms with Crippen LogP contribution in [0.5, 0.6) is 0 Å². The summed E-state index contributed by atoms with van der Waals surface area (Å²) in [5.74, 6) is 0. The van der Waals surface area contributed by atoms with E-state index in [1.807, 2.05) is 20.0 Å². The first-order valence-electron chi connectivity index (χ1n) is 6.48. The lowest BCUT2D eigenvalue weighted by molar-refractivity contribution is 0.466. The molecule has 0 bridgehead atoms. The van der Waals surface area contributed by atoms with Crippen LogP contribution >= 0.6 is 0 Å². The average Bonchev–Trinajstić information content (AvgIpc) is 2.87. The number of benzene rings is 1. The fraction of sp³-hybridized carbons (Fsp3) is 0.357. The van der Waals surface area contributed by atoms with Crippen molar-refractivity contribution in [2.45, 2.75) is 31.8 Å². The molecule has 0 fully saturated rings. The van der Waals surface area contributed by atoms with Crippen molar-refractivity contribution in [3.05, 3.63) is 47.8 Å². The zero-order valence-corrected chi connectivity index (χ0v) is 12.8. The van der Waals surface area contributed by atoms with E-state index >= 15 is 0 Å². The van der Waals surface area contributed by atoms with Crippen LogP contribution in [-0.4, -0.2) is 29.6 Å². The second-order valence-electron chi connectivity index (χ2n) is 4.78. The SMILES string of the molecule is CCn1cc(CN(C)S(=O)(=O)c2ccc(C)cc2)cn1. The molecule has 0 saturated carbocycles. The molecule has 0 amide bonds. The van der Waals surface area contributed by atoms with Crippen LogP contribution in [0.15, 0.2) is 41.6 Å². The van der Waals surface area contributed by atoms with Gasteiger partial charge in [0, 0.05) is 31.9 Å². The molecule has 0 radical (unpaired) electrons. The van der Waals surface area contributed by atoms with Gasteiger partial charge in [-0.2, -0.15) is 9.40 Å². The van der Waals surface area contributed by atoms with E-state index < -0.39 is 10.0 Å². The van der Waals surface area contributed by atoms with E-state index in [9.17, 15) is 8.42 Å². The minimum Gasteiger partial charge on any atom is -0.273 e. The third-order valence-corrected chi connectivity index (χ3v) is 4.96. The van der Waals surface area contributed by atoms with Crippen LogP contribution in [0.4, 0.5) is 0 Å². The van der Waals surface area contributed by atoms with Crippen molar-refractivity contribution in [1.82, 2.24) is 14.1 Å². The van der Waals surface area contributed by atoms with E-state index in [-0.39, 0.29) is 0 Å². The van der Waals surface area contributed by atoms with Gasteiger partial charge in [0.1, 0.15) is 0 Å². The predicted octanol–water partition coefficient (Wildman–Crippen LogP) is 2.03. The molecule has 0 aliphatic carbocycles. The minimum atomic E-state index is -3.46. The zero-order valence-electron chi connectivity index (χ0n) is 11.9. The molecular formula is C14H19N3O2S. The van der Waals surface area contributed by atoms with Crippen molar-refractivity contribution >= 4 is 10.0 Å². The number of aromatic nitrogens is 2. The highest BCUT2D eigenvalue weighted by Gasteiger charge is 2.21. The second kappa shape index (κ2) is 5.76. The second-order valence-corrected chi connectivity index (χ2v) is 6.82. The van der Waals surface area contributed by atoms with Crippen molar-refractivity contribution in [2.24, 2.45) is 0 Å². The van der Waals surface area contributed by atoms with Crippen LogP contribution in [0.2, 0.25) is 0 Å². The van der Waals surface area contributed by atoms with Crippen LogP contribution in [0.1, 0.15) is 18.1 Å². The van der Waals surface area contributed by atoms with Gasteiger partial charge in [0.2, 0.25) is 10.0 Å². The third kappa shape index (κ3) is 3.08. The van der Waals surface area contributed by atoms with Gasteiger partial charge in [0.15, 0.2) is 0 Å². The molecule has 0 atom stereocenters.